The molecule has 0 aliphatic carbocycles. The van der Waals surface area contributed by atoms with Crippen LogP contribution >= 0.6 is 0 Å². The topological polar surface area (TPSA) is 52.4 Å². The normalized spacial score (nSPS) is 9.71. The van der Waals surface area contributed by atoms with E-state index in [-0.39, 0.29) is 36.2 Å². The Hall–Kier alpha value is 0.200. The van der Waals surface area contributed by atoms with Gasteiger partial charge in [-0.2, -0.15) is 0 Å². The van der Waals surface area contributed by atoms with Crippen molar-refractivity contribution < 1.29 is 9.92 Å². The predicted octanol–water partition coefficient (Wildman–Crippen LogP) is 3.73. The summed E-state index contributed by atoms with van der Waals surface area (Å²) in [6.45, 7) is 2.48. The van der Waals surface area contributed by atoms with Gasteiger partial charge in [0.1, 0.15) is 0 Å². The molecular formula is C12H25NNaO3. The molecule has 0 rings (SSSR count). The van der Waals surface area contributed by atoms with Gasteiger partial charge in [0.15, 0.2) is 0 Å². The monoisotopic (exact) mass is 254 g/mol. The molecule has 0 atom stereocenters. The van der Waals surface area contributed by atoms with E-state index in [1.165, 1.54) is 51.4 Å². The fourth-order valence-corrected chi connectivity index (χ4v) is 1.73. The quantitative estimate of drug-likeness (QED) is 0.231. The van der Waals surface area contributed by atoms with E-state index in [0.717, 1.165) is 12.8 Å². The summed E-state index contributed by atoms with van der Waals surface area (Å²) in [6, 6.07) is 0. The van der Waals surface area contributed by atoms with Gasteiger partial charge in [0.05, 0.1) is 6.61 Å². The summed E-state index contributed by atoms with van der Waals surface area (Å²) in [5.41, 5.74) is 0. The smallest absolute Gasteiger partial charge is 0.294 e. The molecule has 17 heavy (non-hydrogen) atoms. The molecule has 0 aromatic carbocycles. The molecule has 4 nitrogen and oxygen atoms in total. The first-order chi connectivity index (χ1) is 7.77. The van der Waals surface area contributed by atoms with E-state index in [2.05, 4.69) is 11.8 Å². The summed E-state index contributed by atoms with van der Waals surface area (Å²) in [5.74, 6) is 0. The van der Waals surface area contributed by atoms with Crippen LogP contribution < -0.4 is 0 Å². The van der Waals surface area contributed by atoms with Gasteiger partial charge in [-0.05, 0) is 6.42 Å². The molecule has 0 aromatic heterocycles. The fourth-order valence-electron chi connectivity index (χ4n) is 1.73. The molecule has 0 saturated heterocycles. The molecule has 0 N–H and O–H groups in total. The van der Waals surface area contributed by atoms with Gasteiger partial charge in [0.25, 0.3) is 5.09 Å². The van der Waals surface area contributed by atoms with Gasteiger partial charge >= 0.3 is 0 Å². The standard InChI is InChI=1S/C12H25NO3.Na/c1-2-3-4-5-6-7-8-9-10-11-12-16-13(14)15;/h2-12H2,1H3;. The molecule has 5 heteroatoms. The first-order valence-corrected chi connectivity index (χ1v) is 6.54. The van der Waals surface area contributed by atoms with Crippen molar-refractivity contribution in [1.82, 2.24) is 0 Å². The third-order valence-electron chi connectivity index (χ3n) is 2.69. The molecule has 0 aromatic rings. The van der Waals surface area contributed by atoms with Crippen LogP contribution in [0.15, 0.2) is 0 Å². The van der Waals surface area contributed by atoms with E-state index in [9.17, 15) is 10.1 Å². The average molecular weight is 254 g/mol. The number of rotatable bonds is 12. The van der Waals surface area contributed by atoms with E-state index in [0.29, 0.717) is 0 Å². The van der Waals surface area contributed by atoms with E-state index in [1.54, 1.807) is 0 Å². The fraction of sp³-hybridized carbons (Fsp3) is 1.00. The van der Waals surface area contributed by atoms with Crippen molar-refractivity contribution in [2.24, 2.45) is 0 Å². The summed E-state index contributed by atoms with van der Waals surface area (Å²) in [4.78, 5) is 14.1. The number of hydrogen-bond acceptors (Lipinski definition) is 3. The Kier molecular flexibility index (Phi) is 18.6. The Labute approximate surface area is 127 Å². The largest absolute Gasteiger partial charge is 0.314 e. The van der Waals surface area contributed by atoms with E-state index < -0.39 is 5.09 Å². The zero-order chi connectivity index (χ0) is 12.1. The van der Waals surface area contributed by atoms with Crippen LogP contribution in [-0.4, -0.2) is 41.3 Å². The molecule has 1 radical (unpaired) electrons. The maximum atomic E-state index is 9.84. The minimum Gasteiger partial charge on any atom is -0.314 e. The average Bonchev–Trinajstić information content (AvgIpc) is 2.25. The van der Waals surface area contributed by atoms with Gasteiger partial charge in [-0.15, -0.1) is 10.1 Å². The van der Waals surface area contributed by atoms with Crippen molar-refractivity contribution >= 4 is 29.6 Å². The van der Waals surface area contributed by atoms with Crippen LogP contribution in [0.5, 0.6) is 0 Å². The predicted molar refractivity (Wildman–Crippen MR) is 70.5 cm³/mol. The molecule has 0 bridgehead atoms. The zero-order valence-corrected chi connectivity index (χ0v) is 13.5. The van der Waals surface area contributed by atoms with Gasteiger partial charge in [-0.1, -0.05) is 64.7 Å². The Morgan fingerprint density at radius 1 is 0.882 bits per heavy atom. The Bertz CT molecular complexity index is 168. The Morgan fingerprint density at radius 2 is 1.29 bits per heavy atom. The molecule has 0 spiro atoms. The number of nitrogens with zero attached hydrogens (tertiary/aromatic N) is 1. The zero-order valence-electron chi connectivity index (χ0n) is 11.5. The third-order valence-corrected chi connectivity index (χ3v) is 2.69. The van der Waals surface area contributed by atoms with E-state index in [4.69, 9.17) is 0 Å². The second-order valence-corrected chi connectivity index (χ2v) is 4.24. The van der Waals surface area contributed by atoms with Crippen LogP contribution in [0.4, 0.5) is 0 Å². The van der Waals surface area contributed by atoms with Gasteiger partial charge in [-0.25, -0.2) is 0 Å². The molecule has 97 valence electrons. The molecule has 0 aliphatic rings. The van der Waals surface area contributed by atoms with Crippen LogP contribution in [0.1, 0.15) is 71.1 Å². The molecule has 0 amide bonds. The number of unbranched alkanes of at least 4 members (excludes halogenated alkanes) is 9. The van der Waals surface area contributed by atoms with Gasteiger partial charge in [-0.3, -0.25) is 0 Å². The molecule has 0 fully saturated rings. The first-order valence-electron chi connectivity index (χ1n) is 6.54. The second kappa shape index (κ2) is 16.2. The molecular weight excluding hydrogens is 229 g/mol. The van der Waals surface area contributed by atoms with Crippen molar-refractivity contribution in [3.8, 4) is 0 Å². The molecule has 0 aliphatic heterocycles. The van der Waals surface area contributed by atoms with Gasteiger partial charge in [0.2, 0.25) is 0 Å². The minimum atomic E-state index is -0.715. The Morgan fingerprint density at radius 3 is 1.71 bits per heavy atom. The van der Waals surface area contributed by atoms with Crippen LogP contribution in [-0.2, 0) is 4.84 Å². The van der Waals surface area contributed by atoms with Crippen molar-refractivity contribution in [2.45, 2.75) is 71.1 Å². The molecule has 0 unspecified atom stereocenters. The van der Waals surface area contributed by atoms with Crippen molar-refractivity contribution in [2.75, 3.05) is 6.61 Å². The van der Waals surface area contributed by atoms with E-state index >= 15 is 0 Å². The van der Waals surface area contributed by atoms with Crippen LogP contribution in [0.2, 0.25) is 0 Å². The summed E-state index contributed by atoms with van der Waals surface area (Å²) < 4.78 is 0. The Balaban J connectivity index is 0. The SMILES string of the molecule is CCCCCCCCCCCCO[N+](=O)[O-].[Na]. The van der Waals surface area contributed by atoms with Crippen molar-refractivity contribution in [3.05, 3.63) is 10.1 Å². The first kappa shape index (κ1) is 19.5. The molecule has 0 heterocycles. The van der Waals surface area contributed by atoms with Crippen molar-refractivity contribution in [3.63, 3.8) is 0 Å². The minimum absolute atomic E-state index is 0. The summed E-state index contributed by atoms with van der Waals surface area (Å²) in [7, 11) is 0. The number of hydrogen-bond donors (Lipinski definition) is 0. The third kappa shape index (κ3) is 18.7. The van der Waals surface area contributed by atoms with Gasteiger partial charge in [0, 0.05) is 29.6 Å². The second-order valence-electron chi connectivity index (χ2n) is 4.24. The maximum Gasteiger partial charge on any atom is 0.294 e. The summed E-state index contributed by atoms with van der Waals surface area (Å²) >= 11 is 0. The summed E-state index contributed by atoms with van der Waals surface area (Å²) in [6.07, 6.45) is 12.3. The van der Waals surface area contributed by atoms with Crippen LogP contribution in [0.25, 0.3) is 0 Å². The molecule has 0 saturated carbocycles. The van der Waals surface area contributed by atoms with E-state index in [1.807, 2.05) is 0 Å². The summed E-state index contributed by atoms with van der Waals surface area (Å²) in [5, 5.41) is 9.13. The maximum absolute atomic E-state index is 9.84. The van der Waals surface area contributed by atoms with Crippen molar-refractivity contribution in [1.29, 1.82) is 0 Å². The van der Waals surface area contributed by atoms with Crippen LogP contribution in [0, 0.1) is 10.1 Å². The van der Waals surface area contributed by atoms with Crippen LogP contribution in [0.3, 0.4) is 0 Å². The van der Waals surface area contributed by atoms with Gasteiger partial charge < -0.3 is 4.84 Å².